The zero-order chi connectivity index (χ0) is 17.1. The number of aryl methyl sites for hydroxylation is 1. The van der Waals surface area contributed by atoms with E-state index in [1.54, 1.807) is 7.11 Å². The first-order chi connectivity index (χ1) is 10.8. The third kappa shape index (κ3) is 4.42. The lowest BCUT2D eigenvalue weighted by molar-refractivity contribution is 0.0577. The zero-order valence-corrected chi connectivity index (χ0v) is 14.9. The maximum atomic E-state index is 13.5. The van der Waals surface area contributed by atoms with Gasteiger partial charge >= 0.3 is 0 Å². The Bertz CT molecular complexity index is 655. The average Bonchev–Trinajstić information content (AvgIpc) is 2.50. The van der Waals surface area contributed by atoms with Gasteiger partial charge in [0.05, 0.1) is 11.6 Å². The predicted molar refractivity (Wildman–Crippen MR) is 87.7 cm³/mol. The van der Waals surface area contributed by atoms with E-state index in [1.165, 1.54) is 13.0 Å². The van der Waals surface area contributed by atoms with Crippen molar-refractivity contribution in [1.82, 2.24) is 10.0 Å². The summed E-state index contributed by atoms with van der Waals surface area (Å²) in [6, 6.07) is 2.28. The number of halogens is 2. The van der Waals surface area contributed by atoms with Crippen LogP contribution in [0.15, 0.2) is 17.0 Å². The molecular formula is C15H22ClFN2O3S. The van der Waals surface area contributed by atoms with E-state index in [0.717, 1.165) is 32.0 Å². The van der Waals surface area contributed by atoms with Crippen LogP contribution in [0.3, 0.4) is 0 Å². The summed E-state index contributed by atoms with van der Waals surface area (Å²) < 4.78 is 46.4. The van der Waals surface area contributed by atoms with E-state index in [2.05, 4.69) is 10.0 Å². The van der Waals surface area contributed by atoms with E-state index in [-0.39, 0.29) is 27.4 Å². The molecule has 1 aliphatic rings. The Kier molecular flexibility index (Phi) is 6.02. The van der Waals surface area contributed by atoms with Gasteiger partial charge in [0.15, 0.2) is 0 Å². The molecule has 2 rings (SSSR count). The quantitative estimate of drug-likeness (QED) is 0.811. The predicted octanol–water partition coefficient (Wildman–Crippen LogP) is 2.08. The number of ether oxygens (including phenoxy) is 1. The van der Waals surface area contributed by atoms with Crippen LogP contribution in [0.1, 0.15) is 18.4 Å². The minimum absolute atomic E-state index is 0.0976. The van der Waals surface area contributed by atoms with Gasteiger partial charge in [0.1, 0.15) is 10.7 Å². The van der Waals surface area contributed by atoms with Gasteiger partial charge in [-0.05, 0) is 50.6 Å². The van der Waals surface area contributed by atoms with E-state index in [4.69, 9.17) is 16.3 Å². The van der Waals surface area contributed by atoms with Gasteiger partial charge in [0.2, 0.25) is 10.0 Å². The molecule has 0 spiro atoms. The Morgan fingerprint density at radius 1 is 1.39 bits per heavy atom. The molecule has 2 N–H and O–H groups in total. The van der Waals surface area contributed by atoms with Gasteiger partial charge in [-0.15, -0.1) is 0 Å². The summed E-state index contributed by atoms with van der Waals surface area (Å²) in [6.07, 6.45) is 1.64. The molecule has 0 unspecified atom stereocenters. The molecular weight excluding hydrogens is 343 g/mol. The Morgan fingerprint density at radius 2 is 2.04 bits per heavy atom. The second kappa shape index (κ2) is 7.44. The van der Waals surface area contributed by atoms with Gasteiger partial charge in [-0.3, -0.25) is 0 Å². The third-order valence-electron chi connectivity index (χ3n) is 4.25. The molecule has 1 saturated heterocycles. The Morgan fingerprint density at radius 3 is 2.65 bits per heavy atom. The summed E-state index contributed by atoms with van der Waals surface area (Å²) in [5, 5.41) is 3.14. The number of piperidine rings is 1. The molecule has 0 saturated carbocycles. The van der Waals surface area contributed by atoms with Crippen molar-refractivity contribution < 1.29 is 17.5 Å². The van der Waals surface area contributed by atoms with E-state index in [0.29, 0.717) is 6.61 Å². The summed E-state index contributed by atoms with van der Waals surface area (Å²) in [5.74, 6) is -0.525. The smallest absolute Gasteiger partial charge is 0.242 e. The summed E-state index contributed by atoms with van der Waals surface area (Å²) in [6.45, 7) is 3.89. The minimum atomic E-state index is -3.81. The second-order valence-electron chi connectivity index (χ2n) is 6.04. The first-order valence-electron chi connectivity index (χ1n) is 7.45. The highest BCUT2D eigenvalue weighted by atomic mass is 35.5. The summed E-state index contributed by atoms with van der Waals surface area (Å²) in [4.78, 5) is -0.0976. The fourth-order valence-corrected chi connectivity index (χ4v) is 4.55. The highest BCUT2D eigenvalue weighted by Gasteiger charge is 2.34. The number of methoxy groups -OCH3 is 1. The lowest BCUT2D eigenvalue weighted by Gasteiger charge is -2.37. The van der Waals surface area contributed by atoms with Crippen molar-refractivity contribution in [2.75, 3.05) is 33.4 Å². The molecule has 1 aromatic rings. The number of sulfonamides is 1. The molecule has 0 aliphatic carbocycles. The lowest BCUT2D eigenvalue weighted by Crippen LogP contribution is -2.47. The zero-order valence-electron chi connectivity index (χ0n) is 13.3. The SMILES string of the molecule is COCC1(CNS(=O)(=O)c2cc(C)c(F)cc2Cl)CCNCC1. The van der Waals surface area contributed by atoms with E-state index in [1.807, 2.05) is 0 Å². The van der Waals surface area contributed by atoms with Crippen molar-refractivity contribution >= 4 is 21.6 Å². The number of hydrogen-bond donors (Lipinski definition) is 2. The molecule has 1 heterocycles. The highest BCUT2D eigenvalue weighted by molar-refractivity contribution is 7.89. The molecule has 0 amide bonds. The molecule has 1 fully saturated rings. The number of nitrogens with one attached hydrogen (secondary N) is 2. The maximum Gasteiger partial charge on any atom is 0.242 e. The molecule has 1 aromatic carbocycles. The van der Waals surface area contributed by atoms with Gasteiger partial charge in [0.25, 0.3) is 0 Å². The van der Waals surface area contributed by atoms with E-state index >= 15 is 0 Å². The van der Waals surface area contributed by atoms with Crippen molar-refractivity contribution in [3.05, 3.63) is 28.5 Å². The van der Waals surface area contributed by atoms with Crippen LogP contribution in [0.25, 0.3) is 0 Å². The standard InChI is InChI=1S/C15H22ClFN2O3S/c1-11-7-14(12(16)8-13(11)17)23(20,21)19-9-15(10-22-2)3-5-18-6-4-15/h7-8,18-19H,3-6,9-10H2,1-2H3. The summed E-state index contributed by atoms with van der Waals surface area (Å²) in [5.41, 5.74) is -0.00233. The Labute approximate surface area is 141 Å². The summed E-state index contributed by atoms with van der Waals surface area (Å²) >= 11 is 5.91. The lowest BCUT2D eigenvalue weighted by atomic mass is 9.80. The topological polar surface area (TPSA) is 67.4 Å². The van der Waals surface area contributed by atoms with Crippen LogP contribution in [0.2, 0.25) is 5.02 Å². The van der Waals surface area contributed by atoms with Crippen molar-refractivity contribution in [3.8, 4) is 0 Å². The summed E-state index contributed by atoms with van der Waals surface area (Å²) in [7, 11) is -2.20. The van der Waals surface area contributed by atoms with Gasteiger partial charge < -0.3 is 10.1 Å². The monoisotopic (exact) mass is 364 g/mol. The molecule has 0 bridgehead atoms. The average molecular weight is 365 g/mol. The fraction of sp³-hybridized carbons (Fsp3) is 0.600. The molecule has 8 heteroatoms. The molecule has 1 aliphatic heterocycles. The van der Waals surface area contributed by atoms with Crippen LogP contribution in [-0.2, 0) is 14.8 Å². The first-order valence-corrected chi connectivity index (χ1v) is 9.31. The molecule has 0 atom stereocenters. The minimum Gasteiger partial charge on any atom is -0.384 e. The number of benzene rings is 1. The maximum absolute atomic E-state index is 13.5. The van der Waals surface area contributed by atoms with Crippen LogP contribution >= 0.6 is 11.6 Å². The van der Waals surface area contributed by atoms with Crippen LogP contribution < -0.4 is 10.0 Å². The van der Waals surface area contributed by atoms with Crippen LogP contribution in [0, 0.1) is 18.2 Å². The number of hydrogen-bond acceptors (Lipinski definition) is 4. The van der Waals surface area contributed by atoms with Gasteiger partial charge in [-0.1, -0.05) is 11.6 Å². The molecule has 0 aromatic heterocycles. The van der Waals surface area contributed by atoms with Gasteiger partial charge in [0, 0.05) is 19.1 Å². The van der Waals surface area contributed by atoms with Gasteiger partial charge in [-0.25, -0.2) is 17.5 Å². The van der Waals surface area contributed by atoms with Crippen molar-refractivity contribution in [2.24, 2.45) is 5.41 Å². The van der Waals surface area contributed by atoms with Crippen molar-refractivity contribution in [2.45, 2.75) is 24.7 Å². The van der Waals surface area contributed by atoms with E-state index < -0.39 is 15.8 Å². The molecule has 5 nitrogen and oxygen atoms in total. The Balaban J connectivity index is 2.19. The van der Waals surface area contributed by atoms with Crippen LogP contribution in [0.4, 0.5) is 4.39 Å². The van der Waals surface area contributed by atoms with Crippen LogP contribution in [-0.4, -0.2) is 41.8 Å². The van der Waals surface area contributed by atoms with Gasteiger partial charge in [-0.2, -0.15) is 0 Å². The highest BCUT2D eigenvalue weighted by Crippen LogP contribution is 2.30. The van der Waals surface area contributed by atoms with Crippen LogP contribution in [0.5, 0.6) is 0 Å². The largest absolute Gasteiger partial charge is 0.384 e. The molecule has 130 valence electrons. The third-order valence-corrected chi connectivity index (χ3v) is 6.12. The van der Waals surface area contributed by atoms with Crippen molar-refractivity contribution in [1.29, 1.82) is 0 Å². The molecule has 0 radical (unpaired) electrons. The number of rotatable bonds is 6. The fourth-order valence-electron chi connectivity index (χ4n) is 2.80. The first kappa shape index (κ1) is 18.6. The molecule has 23 heavy (non-hydrogen) atoms. The second-order valence-corrected chi connectivity index (χ2v) is 8.18. The van der Waals surface area contributed by atoms with Crippen molar-refractivity contribution in [3.63, 3.8) is 0 Å². The Hall–Kier alpha value is -0.730. The van der Waals surface area contributed by atoms with E-state index in [9.17, 15) is 12.8 Å². The normalized spacial score (nSPS) is 18.1.